The highest BCUT2D eigenvalue weighted by Crippen LogP contribution is 2.13. The van der Waals surface area contributed by atoms with Gasteiger partial charge in [-0.25, -0.2) is 0 Å². The fourth-order valence-electron chi connectivity index (χ4n) is 2.25. The average Bonchev–Trinajstić information content (AvgIpc) is 2.40. The molecule has 0 radical (unpaired) electrons. The Labute approximate surface area is 112 Å². The Morgan fingerprint density at radius 3 is 2.58 bits per heavy atom. The van der Waals surface area contributed by atoms with Gasteiger partial charge < -0.3 is 16.4 Å². The second kappa shape index (κ2) is 6.33. The van der Waals surface area contributed by atoms with Gasteiger partial charge in [-0.3, -0.25) is 9.59 Å². The van der Waals surface area contributed by atoms with Crippen LogP contribution in [0.2, 0.25) is 0 Å². The van der Waals surface area contributed by atoms with Gasteiger partial charge in [-0.05, 0) is 43.7 Å². The molecule has 1 aliphatic rings. The van der Waals surface area contributed by atoms with Crippen LogP contribution < -0.4 is 16.4 Å². The lowest BCUT2D eigenvalue weighted by molar-refractivity contribution is -0.116. The van der Waals surface area contributed by atoms with Crippen LogP contribution in [-0.2, 0) is 4.79 Å². The molecule has 1 aromatic rings. The number of nitrogens with one attached hydrogen (secondary N) is 2. The maximum absolute atomic E-state index is 11.9. The number of carbonyl (C=O) groups is 2. The molecule has 2 rings (SSSR count). The Morgan fingerprint density at radius 1 is 1.26 bits per heavy atom. The van der Waals surface area contributed by atoms with Crippen molar-refractivity contribution in [2.24, 2.45) is 5.73 Å². The summed E-state index contributed by atoms with van der Waals surface area (Å²) in [5, 5.41) is 6.16. The van der Waals surface area contributed by atoms with Crippen LogP contribution in [0.4, 0.5) is 5.69 Å². The van der Waals surface area contributed by atoms with Gasteiger partial charge in [0.25, 0.3) is 0 Å². The molecule has 1 atom stereocenters. The third kappa shape index (κ3) is 4.06. The molecule has 5 nitrogen and oxygen atoms in total. The molecule has 1 unspecified atom stereocenters. The van der Waals surface area contributed by atoms with Crippen molar-refractivity contribution in [1.82, 2.24) is 5.32 Å². The minimum Gasteiger partial charge on any atom is -0.366 e. The number of hydrogen-bond donors (Lipinski definition) is 3. The Bertz CT molecular complexity index is 450. The van der Waals surface area contributed by atoms with Crippen molar-refractivity contribution in [2.45, 2.75) is 31.7 Å². The Balaban J connectivity index is 1.85. The standard InChI is InChI=1S/C14H19N3O2/c15-14(19)10-4-6-11(7-5-10)17-13(18)9-12-3-1-2-8-16-12/h4-7,12,16H,1-3,8-9H2,(H2,15,19)(H,17,18). The van der Waals surface area contributed by atoms with Crippen LogP contribution in [-0.4, -0.2) is 24.4 Å². The number of nitrogens with two attached hydrogens (primary N) is 1. The fourth-order valence-corrected chi connectivity index (χ4v) is 2.25. The summed E-state index contributed by atoms with van der Waals surface area (Å²) in [6.07, 6.45) is 3.90. The molecule has 1 saturated heterocycles. The van der Waals surface area contributed by atoms with Crippen LogP contribution >= 0.6 is 0 Å². The number of anilines is 1. The van der Waals surface area contributed by atoms with E-state index in [0.29, 0.717) is 17.7 Å². The summed E-state index contributed by atoms with van der Waals surface area (Å²) in [4.78, 5) is 22.8. The van der Waals surface area contributed by atoms with Crippen molar-refractivity contribution >= 4 is 17.5 Å². The Hall–Kier alpha value is -1.88. The van der Waals surface area contributed by atoms with Crippen molar-refractivity contribution in [1.29, 1.82) is 0 Å². The van der Waals surface area contributed by atoms with E-state index < -0.39 is 5.91 Å². The maximum Gasteiger partial charge on any atom is 0.248 e. The highest BCUT2D eigenvalue weighted by Gasteiger charge is 2.16. The van der Waals surface area contributed by atoms with Crippen LogP contribution in [0.3, 0.4) is 0 Å². The zero-order chi connectivity index (χ0) is 13.7. The number of rotatable bonds is 4. The Morgan fingerprint density at radius 2 is 2.00 bits per heavy atom. The number of amides is 2. The molecule has 4 N–H and O–H groups in total. The molecule has 5 heteroatoms. The van der Waals surface area contributed by atoms with E-state index in [1.807, 2.05) is 0 Å². The average molecular weight is 261 g/mol. The molecular formula is C14H19N3O2. The first-order chi connectivity index (χ1) is 9.15. The van der Waals surface area contributed by atoms with Gasteiger partial charge in [-0.2, -0.15) is 0 Å². The van der Waals surface area contributed by atoms with E-state index in [0.717, 1.165) is 13.0 Å². The molecule has 2 amide bonds. The largest absolute Gasteiger partial charge is 0.366 e. The number of carbonyl (C=O) groups excluding carboxylic acids is 2. The molecule has 1 heterocycles. The summed E-state index contributed by atoms with van der Waals surface area (Å²) in [5.41, 5.74) is 6.28. The summed E-state index contributed by atoms with van der Waals surface area (Å²) in [6.45, 7) is 0.991. The van der Waals surface area contributed by atoms with Crippen molar-refractivity contribution in [3.05, 3.63) is 29.8 Å². The normalized spacial score (nSPS) is 18.8. The van der Waals surface area contributed by atoms with Gasteiger partial charge in [0.15, 0.2) is 0 Å². The van der Waals surface area contributed by atoms with Gasteiger partial charge in [-0.15, -0.1) is 0 Å². The van der Waals surface area contributed by atoms with E-state index in [-0.39, 0.29) is 11.9 Å². The highest BCUT2D eigenvalue weighted by atomic mass is 16.2. The lowest BCUT2D eigenvalue weighted by Gasteiger charge is -2.22. The second-order valence-electron chi connectivity index (χ2n) is 4.84. The molecule has 0 bridgehead atoms. The third-order valence-corrected chi connectivity index (χ3v) is 3.30. The number of benzene rings is 1. The molecular weight excluding hydrogens is 242 g/mol. The van der Waals surface area contributed by atoms with Gasteiger partial charge >= 0.3 is 0 Å². The van der Waals surface area contributed by atoms with E-state index in [1.54, 1.807) is 24.3 Å². The summed E-state index contributed by atoms with van der Waals surface area (Å²) < 4.78 is 0. The summed E-state index contributed by atoms with van der Waals surface area (Å²) in [5.74, 6) is -0.476. The third-order valence-electron chi connectivity index (χ3n) is 3.30. The van der Waals surface area contributed by atoms with E-state index in [9.17, 15) is 9.59 Å². The molecule has 1 fully saturated rings. The fraction of sp³-hybridized carbons (Fsp3) is 0.429. The monoisotopic (exact) mass is 261 g/mol. The summed E-state index contributed by atoms with van der Waals surface area (Å²) in [7, 11) is 0. The first-order valence-corrected chi connectivity index (χ1v) is 6.58. The number of primary amides is 1. The van der Waals surface area contributed by atoms with Gasteiger partial charge in [0, 0.05) is 23.7 Å². The summed E-state index contributed by atoms with van der Waals surface area (Å²) >= 11 is 0. The van der Waals surface area contributed by atoms with Crippen LogP contribution in [0.25, 0.3) is 0 Å². The molecule has 1 aromatic carbocycles. The highest BCUT2D eigenvalue weighted by molar-refractivity contribution is 5.94. The number of hydrogen-bond acceptors (Lipinski definition) is 3. The van der Waals surface area contributed by atoms with E-state index in [2.05, 4.69) is 10.6 Å². The van der Waals surface area contributed by atoms with Gasteiger partial charge in [-0.1, -0.05) is 6.42 Å². The molecule has 0 aliphatic carbocycles. The van der Waals surface area contributed by atoms with E-state index >= 15 is 0 Å². The van der Waals surface area contributed by atoms with Gasteiger partial charge in [0.05, 0.1) is 0 Å². The molecule has 102 valence electrons. The van der Waals surface area contributed by atoms with Crippen LogP contribution in [0.5, 0.6) is 0 Å². The SMILES string of the molecule is NC(=O)c1ccc(NC(=O)CC2CCCCN2)cc1. The molecule has 19 heavy (non-hydrogen) atoms. The molecule has 0 spiro atoms. The smallest absolute Gasteiger partial charge is 0.248 e. The second-order valence-corrected chi connectivity index (χ2v) is 4.84. The van der Waals surface area contributed by atoms with Gasteiger partial charge in [0.1, 0.15) is 0 Å². The Kier molecular flexibility index (Phi) is 4.52. The molecule has 1 aliphatic heterocycles. The lowest BCUT2D eigenvalue weighted by Crippen LogP contribution is -2.36. The molecule has 0 saturated carbocycles. The summed E-state index contributed by atoms with van der Waals surface area (Å²) in [6, 6.07) is 6.87. The zero-order valence-electron chi connectivity index (χ0n) is 10.8. The van der Waals surface area contributed by atoms with Crippen molar-refractivity contribution in [2.75, 3.05) is 11.9 Å². The topological polar surface area (TPSA) is 84.2 Å². The van der Waals surface area contributed by atoms with E-state index in [1.165, 1.54) is 12.8 Å². The lowest BCUT2D eigenvalue weighted by atomic mass is 10.0. The van der Waals surface area contributed by atoms with E-state index in [4.69, 9.17) is 5.73 Å². The van der Waals surface area contributed by atoms with Crippen LogP contribution in [0.15, 0.2) is 24.3 Å². The van der Waals surface area contributed by atoms with Crippen molar-refractivity contribution < 1.29 is 9.59 Å². The van der Waals surface area contributed by atoms with Crippen LogP contribution in [0, 0.1) is 0 Å². The zero-order valence-corrected chi connectivity index (χ0v) is 10.8. The quantitative estimate of drug-likeness (QED) is 0.762. The predicted molar refractivity (Wildman–Crippen MR) is 73.8 cm³/mol. The van der Waals surface area contributed by atoms with Crippen molar-refractivity contribution in [3.8, 4) is 0 Å². The molecule has 0 aromatic heterocycles. The van der Waals surface area contributed by atoms with Gasteiger partial charge in [0.2, 0.25) is 11.8 Å². The maximum atomic E-state index is 11.9. The van der Waals surface area contributed by atoms with Crippen molar-refractivity contribution in [3.63, 3.8) is 0 Å². The number of piperidine rings is 1. The first kappa shape index (κ1) is 13.5. The minimum absolute atomic E-state index is 0.00812. The minimum atomic E-state index is -0.468. The van der Waals surface area contributed by atoms with Crippen LogP contribution in [0.1, 0.15) is 36.0 Å². The first-order valence-electron chi connectivity index (χ1n) is 6.58. The predicted octanol–water partition coefficient (Wildman–Crippen LogP) is 1.26.